The Morgan fingerprint density at radius 1 is 1.30 bits per heavy atom. The lowest BCUT2D eigenvalue weighted by atomic mass is 10.2. The summed E-state index contributed by atoms with van der Waals surface area (Å²) in [4.78, 5) is 24.7. The number of thiophene rings is 1. The zero-order chi connectivity index (χ0) is 16.8. The number of rotatable bonds is 6. The third-order valence-electron chi connectivity index (χ3n) is 3.12. The van der Waals surface area contributed by atoms with E-state index in [1.54, 1.807) is 12.1 Å². The fourth-order valence-electron chi connectivity index (χ4n) is 1.94. The van der Waals surface area contributed by atoms with Crippen molar-refractivity contribution in [2.24, 2.45) is 0 Å². The Morgan fingerprint density at radius 3 is 2.74 bits per heavy atom. The van der Waals surface area contributed by atoms with Crippen LogP contribution in [0.5, 0.6) is 5.75 Å². The van der Waals surface area contributed by atoms with Crippen LogP contribution in [0.15, 0.2) is 29.6 Å². The van der Waals surface area contributed by atoms with Gasteiger partial charge in [-0.15, -0.1) is 11.3 Å². The maximum atomic E-state index is 12.0. The molecule has 0 saturated carbocycles. The van der Waals surface area contributed by atoms with Crippen LogP contribution in [0.3, 0.4) is 0 Å². The maximum Gasteiger partial charge on any atom is 0.243 e. The van der Waals surface area contributed by atoms with Crippen LogP contribution in [-0.4, -0.2) is 25.5 Å². The van der Waals surface area contributed by atoms with Gasteiger partial charge in [-0.3, -0.25) is 9.59 Å². The number of nitrogens with one attached hydrogen (secondary N) is 2. The van der Waals surface area contributed by atoms with Gasteiger partial charge in [0.25, 0.3) is 0 Å². The van der Waals surface area contributed by atoms with Crippen molar-refractivity contribution in [3.8, 4) is 5.75 Å². The minimum atomic E-state index is -0.329. The zero-order valence-corrected chi connectivity index (χ0v) is 14.4. The van der Waals surface area contributed by atoms with Crippen molar-refractivity contribution >= 4 is 40.4 Å². The molecule has 122 valence electrons. The Hall–Kier alpha value is -2.05. The number of carbonyl (C=O) groups excluding carboxylic acids is 2. The Labute approximate surface area is 143 Å². The van der Waals surface area contributed by atoms with Crippen molar-refractivity contribution in [2.75, 3.05) is 19.0 Å². The van der Waals surface area contributed by atoms with E-state index in [1.807, 2.05) is 24.4 Å². The first kappa shape index (κ1) is 17.3. The number of ether oxygens (including phenoxy) is 1. The summed E-state index contributed by atoms with van der Waals surface area (Å²) in [6, 6.07) is 7.13. The molecule has 1 aromatic heterocycles. The fourth-order valence-corrected chi connectivity index (χ4v) is 2.79. The molecule has 0 aliphatic rings. The third kappa shape index (κ3) is 4.97. The smallest absolute Gasteiger partial charge is 0.243 e. The second kappa shape index (κ2) is 7.99. The Kier molecular flexibility index (Phi) is 6.01. The molecule has 0 radical (unpaired) electrons. The number of hydrogen-bond donors (Lipinski definition) is 2. The Bertz CT molecular complexity index is 702. The number of benzene rings is 1. The molecule has 7 heteroatoms. The van der Waals surface area contributed by atoms with Gasteiger partial charge in [-0.2, -0.15) is 0 Å². The Morgan fingerprint density at radius 2 is 2.09 bits per heavy atom. The second-order valence-electron chi connectivity index (χ2n) is 4.88. The monoisotopic (exact) mass is 352 g/mol. The van der Waals surface area contributed by atoms with E-state index in [0.717, 1.165) is 10.4 Å². The van der Waals surface area contributed by atoms with Crippen LogP contribution in [0.2, 0.25) is 5.02 Å². The largest absolute Gasteiger partial charge is 0.495 e. The summed E-state index contributed by atoms with van der Waals surface area (Å²) in [7, 11) is 1.50. The van der Waals surface area contributed by atoms with Gasteiger partial charge in [0.1, 0.15) is 5.75 Å². The zero-order valence-electron chi connectivity index (χ0n) is 12.8. The van der Waals surface area contributed by atoms with Gasteiger partial charge in [-0.05, 0) is 30.0 Å². The molecular weight excluding hydrogens is 336 g/mol. The molecule has 2 amide bonds. The van der Waals surface area contributed by atoms with E-state index < -0.39 is 0 Å². The third-order valence-corrected chi connectivity index (χ3v) is 4.40. The van der Waals surface area contributed by atoms with Crippen molar-refractivity contribution < 1.29 is 14.3 Å². The van der Waals surface area contributed by atoms with Crippen LogP contribution in [0.25, 0.3) is 0 Å². The van der Waals surface area contributed by atoms with Crippen molar-refractivity contribution in [1.82, 2.24) is 5.32 Å². The predicted molar refractivity (Wildman–Crippen MR) is 92.4 cm³/mol. The Balaban J connectivity index is 1.89. The number of methoxy groups -OCH3 is 1. The lowest BCUT2D eigenvalue weighted by Gasteiger charge is -2.12. The number of hydrogen-bond acceptors (Lipinski definition) is 4. The van der Waals surface area contributed by atoms with E-state index in [1.165, 1.54) is 18.4 Å². The average molecular weight is 353 g/mol. The molecule has 0 spiro atoms. The first-order valence-corrected chi connectivity index (χ1v) is 8.18. The van der Waals surface area contributed by atoms with E-state index in [2.05, 4.69) is 10.6 Å². The summed E-state index contributed by atoms with van der Waals surface area (Å²) in [5.41, 5.74) is 1.34. The summed E-state index contributed by atoms with van der Waals surface area (Å²) in [6.07, 6.45) is 0.272. The van der Waals surface area contributed by atoms with Gasteiger partial charge in [0.05, 0.1) is 25.8 Å². The molecule has 2 rings (SSSR count). The van der Waals surface area contributed by atoms with Crippen molar-refractivity contribution in [3.63, 3.8) is 0 Å². The molecule has 0 aliphatic heterocycles. The number of amides is 2. The van der Waals surface area contributed by atoms with Crippen molar-refractivity contribution in [3.05, 3.63) is 45.1 Å². The van der Waals surface area contributed by atoms with Gasteiger partial charge in [-0.1, -0.05) is 17.7 Å². The van der Waals surface area contributed by atoms with Crippen LogP contribution >= 0.6 is 22.9 Å². The number of halogens is 1. The van der Waals surface area contributed by atoms with Gasteiger partial charge in [0.15, 0.2) is 0 Å². The molecular formula is C16H17ClN2O3S. The highest BCUT2D eigenvalue weighted by molar-refractivity contribution is 7.10. The van der Waals surface area contributed by atoms with Crippen molar-refractivity contribution in [1.29, 1.82) is 0 Å². The van der Waals surface area contributed by atoms with E-state index >= 15 is 0 Å². The number of anilines is 1. The predicted octanol–water partition coefficient (Wildman–Crippen LogP) is 3.02. The molecule has 0 atom stereocenters. The van der Waals surface area contributed by atoms with Gasteiger partial charge >= 0.3 is 0 Å². The molecule has 0 saturated heterocycles. The van der Waals surface area contributed by atoms with Gasteiger partial charge in [-0.25, -0.2) is 0 Å². The molecule has 0 fully saturated rings. The van der Waals surface area contributed by atoms with Crippen molar-refractivity contribution in [2.45, 2.75) is 13.3 Å². The van der Waals surface area contributed by atoms with E-state index in [-0.39, 0.29) is 24.8 Å². The molecule has 0 aliphatic carbocycles. The maximum absolute atomic E-state index is 12.0. The summed E-state index contributed by atoms with van der Waals surface area (Å²) in [5, 5.41) is 7.77. The highest BCUT2D eigenvalue weighted by Gasteiger charge is 2.11. The number of carbonyl (C=O) groups is 2. The van der Waals surface area contributed by atoms with Crippen LogP contribution in [0.1, 0.15) is 10.4 Å². The van der Waals surface area contributed by atoms with E-state index in [9.17, 15) is 9.59 Å². The first-order chi connectivity index (χ1) is 11.0. The normalized spacial score (nSPS) is 10.2. The summed E-state index contributed by atoms with van der Waals surface area (Å²) in [6.45, 7) is 1.73. The van der Waals surface area contributed by atoms with Gasteiger partial charge in [0, 0.05) is 16.0 Å². The van der Waals surface area contributed by atoms with Gasteiger partial charge in [0.2, 0.25) is 11.8 Å². The molecule has 5 nitrogen and oxygen atoms in total. The highest BCUT2D eigenvalue weighted by atomic mass is 35.5. The van der Waals surface area contributed by atoms with E-state index in [4.69, 9.17) is 16.3 Å². The SMILES string of the molecule is COc1cc(Cl)c(C)cc1NC(=O)CNC(=O)Cc1cccs1. The molecule has 2 N–H and O–H groups in total. The summed E-state index contributed by atoms with van der Waals surface area (Å²) < 4.78 is 5.19. The molecule has 1 heterocycles. The quantitative estimate of drug-likeness (QED) is 0.839. The molecule has 2 aromatic rings. The van der Waals surface area contributed by atoms with E-state index in [0.29, 0.717) is 16.5 Å². The highest BCUT2D eigenvalue weighted by Crippen LogP contribution is 2.30. The standard InChI is InChI=1S/C16H17ClN2O3S/c1-10-6-13(14(22-2)8-12(10)17)19-16(21)9-18-15(20)7-11-4-3-5-23-11/h3-6,8H,7,9H2,1-2H3,(H,18,20)(H,19,21). The minimum absolute atomic E-state index is 0.102. The van der Waals surface area contributed by atoms with Crippen LogP contribution in [-0.2, 0) is 16.0 Å². The lowest BCUT2D eigenvalue weighted by molar-refractivity contribution is -0.123. The van der Waals surface area contributed by atoms with Gasteiger partial charge < -0.3 is 15.4 Å². The minimum Gasteiger partial charge on any atom is -0.495 e. The molecule has 23 heavy (non-hydrogen) atoms. The van der Waals surface area contributed by atoms with Crippen LogP contribution < -0.4 is 15.4 Å². The number of aryl methyl sites for hydroxylation is 1. The topological polar surface area (TPSA) is 67.4 Å². The average Bonchev–Trinajstić information content (AvgIpc) is 3.01. The molecule has 0 bridgehead atoms. The summed E-state index contributed by atoms with van der Waals surface area (Å²) >= 11 is 7.53. The lowest BCUT2D eigenvalue weighted by Crippen LogP contribution is -2.33. The molecule has 0 unspecified atom stereocenters. The molecule has 1 aromatic carbocycles. The summed E-state index contributed by atoms with van der Waals surface area (Å²) in [5.74, 6) is -0.0507. The fraction of sp³-hybridized carbons (Fsp3) is 0.250. The first-order valence-electron chi connectivity index (χ1n) is 6.92. The van der Waals surface area contributed by atoms with Crippen LogP contribution in [0, 0.1) is 6.92 Å². The van der Waals surface area contributed by atoms with Crippen LogP contribution in [0.4, 0.5) is 5.69 Å². The second-order valence-corrected chi connectivity index (χ2v) is 6.32.